The predicted octanol–water partition coefficient (Wildman–Crippen LogP) is 4.61. The van der Waals surface area contributed by atoms with Gasteiger partial charge in [-0.25, -0.2) is 0 Å². The molecule has 0 amide bonds. The summed E-state index contributed by atoms with van der Waals surface area (Å²) < 4.78 is 0. The van der Waals surface area contributed by atoms with Gasteiger partial charge in [-0.2, -0.15) is 5.10 Å². The summed E-state index contributed by atoms with van der Waals surface area (Å²) in [6, 6.07) is 10.5. The molecule has 0 atom stereocenters. The van der Waals surface area contributed by atoms with Crippen LogP contribution in [0, 0.1) is 0 Å². The van der Waals surface area contributed by atoms with Crippen molar-refractivity contribution in [2.75, 3.05) is 13.1 Å². The number of nitrogens with zero attached hydrogens (tertiary/aromatic N) is 3. The second-order valence-corrected chi connectivity index (χ2v) is 8.10. The molecule has 1 aliphatic rings. The van der Waals surface area contributed by atoms with Gasteiger partial charge in [-0.15, -0.1) is 11.3 Å². The topological polar surface area (TPSA) is 82.3 Å². The van der Waals surface area contributed by atoms with E-state index in [1.165, 1.54) is 5.57 Å². The van der Waals surface area contributed by atoms with Crippen molar-refractivity contribution >= 4 is 38.7 Å². The Kier molecular flexibility index (Phi) is 3.82. The molecular formula is C22H18N6S. The van der Waals surface area contributed by atoms with Crippen molar-refractivity contribution in [3.63, 3.8) is 0 Å². The smallest absolute Gasteiger partial charge is 0.116 e. The highest BCUT2D eigenvalue weighted by molar-refractivity contribution is 7.13. The van der Waals surface area contributed by atoms with Crippen LogP contribution in [0.1, 0.15) is 12.1 Å². The highest BCUT2D eigenvalue weighted by Gasteiger charge is 2.16. The van der Waals surface area contributed by atoms with Crippen LogP contribution in [0.4, 0.5) is 0 Å². The molecule has 0 unspecified atom stereocenters. The van der Waals surface area contributed by atoms with Gasteiger partial charge in [-0.3, -0.25) is 15.1 Å². The highest BCUT2D eigenvalue weighted by atomic mass is 32.1. The standard InChI is InChI=1S/C22H18N6S/c1-2-20(29-9-1)22-14-11-18(26-16(14)5-8-24-22)21-15-10-17(13-3-6-23-7-4-13)25-12-19(15)27-28-21/h1-3,5,8-12,23,26H,4,6-7H2,(H,27,28). The molecule has 0 spiro atoms. The third kappa shape index (κ3) is 2.78. The average Bonchev–Trinajstić information content (AvgIpc) is 3.52. The zero-order valence-corrected chi connectivity index (χ0v) is 16.4. The van der Waals surface area contributed by atoms with E-state index >= 15 is 0 Å². The molecule has 6 nitrogen and oxygen atoms in total. The Bertz CT molecular complexity index is 1360. The summed E-state index contributed by atoms with van der Waals surface area (Å²) in [5.74, 6) is 0. The maximum absolute atomic E-state index is 4.64. The van der Waals surface area contributed by atoms with Crippen LogP contribution in [0.3, 0.4) is 0 Å². The van der Waals surface area contributed by atoms with E-state index in [1.807, 2.05) is 18.5 Å². The molecule has 6 heterocycles. The third-order valence-corrected chi connectivity index (χ3v) is 6.27. The Morgan fingerprint density at radius 3 is 2.83 bits per heavy atom. The van der Waals surface area contributed by atoms with Crippen molar-refractivity contribution in [3.05, 3.63) is 59.9 Å². The lowest BCUT2D eigenvalue weighted by Crippen LogP contribution is -2.20. The molecule has 142 valence electrons. The van der Waals surface area contributed by atoms with E-state index in [0.29, 0.717) is 0 Å². The van der Waals surface area contributed by atoms with E-state index < -0.39 is 0 Å². The number of aromatic amines is 2. The van der Waals surface area contributed by atoms with Crippen molar-refractivity contribution in [1.82, 2.24) is 30.5 Å². The van der Waals surface area contributed by atoms with Crippen LogP contribution in [0.15, 0.2) is 54.2 Å². The lowest BCUT2D eigenvalue weighted by molar-refractivity contribution is 0.737. The molecule has 5 aromatic heterocycles. The molecule has 5 aromatic rings. The molecule has 6 rings (SSSR count). The van der Waals surface area contributed by atoms with Crippen LogP contribution >= 0.6 is 11.3 Å². The van der Waals surface area contributed by atoms with Crippen molar-refractivity contribution in [3.8, 4) is 22.0 Å². The van der Waals surface area contributed by atoms with Gasteiger partial charge in [-0.1, -0.05) is 12.1 Å². The quantitative estimate of drug-likeness (QED) is 0.415. The van der Waals surface area contributed by atoms with Gasteiger partial charge < -0.3 is 10.3 Å². The number of hydrogen-bond donors (Lipinski definition) is 3. The summed E-state index contributed by atoms with van der Waals surface area (Å²) in [5, 5.41) is 15.3. The first-order chi connectivity index (χ1) is 14.4. The van der Waals surface area contributed by atoms with Gasteiger partial charge >= 0.3 is 0 Å². The van der Waals surface area contributed by atoms with Crippen LogP contribution in [0.2, 0.25) is 0 Å². The first kappa shape index (κ1) is 16.6. The van der Waals surface area contributed by atoms with Crippen molar-refractivity contribution in [2.45, 2.75) is 6.42 Å². The van der Waals surface area contributed by atoms with Crippen LogP contribution in [0.5, 0.6) is 0 Å². The molecule has 0 bridgehead atoms. The Labute approximate surface area is 170 Å². The molecule has 1 aliphatic heterocycles. The number of hydrogen-bond acceptors (Lipinski definition) is 5. The van der Waals surface area contributed by atoms with Crippen molar-refractivity contribution < 1.29 is 0 Å². The fraction of sp³-hybridized carbons (Fsp3) is 0.136. The summed E-state index contributed by atoms with van der Waals surface area (Å²) in [5.41, 5.74) is 7.21. The first-order valence-corrected chi connectivity index (χ1v) is 10.5. The van der Waals surface area contributed by atoms with Crippen molar-refractivity contribution in [2.24, 2.45) is 0 Å². The second-order valence-electron chi connectivity index (χ2n) is 7.15. The summed E-state index contributed by atoms with van der Waals surface area (Å²) >= 11 is 1.70. The van der Waals surface area contributed by atoms with Crippen LogP contribution < -0.4 is 5.32 Å². The normalized spacial score (nSPS) is 14.6. The zero-order valence-electron chi connectivity index (χ0n) is 15.6. The third-order valence-electron chi connectivity index (χ3n) is 5.40. The number of thiophene rings is 1. The summed E-state index contributed by atoms with van der Waals surface area (Å²) in [6.45, 7) is 1.89. The Morgan fingerprint density at radius 1 is 1.00 bits per heavy atom. The zero-order chi connectivity index (χ0) is 19.2. The van der Waals surface area contributed by atoms with Gasteiger partial charge in [0.05, 0.1) is 33.7 Å². The van der Waals surface area contributed by atoms with E-state index in [1.54, 1.807) is 11.3 Å². The Morgan fingerprint density at radius 2 is 1.97 bits per heavy atom. The van der Waals surface area contributed by atoms with E-state index in [4.69, 9.17) is 0 Å². The van der Waals surface area contributed by atoms with Gasteiger partial charge in [0.15, 0.2) is 0 Å². The minimum absolute atomic E-state index is 0.897. The van der Waals surface area contributed by atoms with Crippen LogP contribution in [-0.4, -0.2) is 38.2 Å². The summed E-state index contributed by atoms with van der Waals surface area (Å²) in [4.78, 5) is 14.0. The highest BCUT2D eigenvalue weighted by Crippen LogP contribution is 2.34. The monoisotopic (exact) mass is 398 g/mol. The minimum Gasteiger partial charge on any atom is -0.353 e. The number of fused-ring (bicyclic) bond motifs is 2. The number of H-pyrrole nitrogens is 2. The number of pyridine rings is 2. The number of rotatable bonds is 3. The summed E-state index contributed by atoms with van der Waals surface area (Å²) in [6.07, 6.45) is 6.95. The molecule has 0 radical (unpaired) electrons. The molecule has 0 saturated heterocycles. The van der Waals surface area contributed by atoms with Gasteiger partial charge in [0.25, 0.3) is 0 Å². The van der Waals surface area contributed by atoms with Gasteiger partial charge in [0.2, 0.25) is 0 Å². The Balaban J connectivity index is 1.50. The fourth-order valence-electron chi connectivity index (χ4n) is 3.94. The number of aromatic nitrogens is 5. The lowest BCUT2D eigenvalue weighted by Gasteiger charge is -2.13. The van der Waals surface area contributed by atoms with Crippen molar-refractivity contribution in [1.29, 1.82) is 0 Å². The maximum Gasteiger partial charge on any atom is 0.116 e. The molecule has 29 heavy (non-hydrogen) atoms. The summed E-state index contributed by atoms with van der Waals surface area (Å²) in [7, 11) is 0. The van der Waals surface area contributed by atoms with E-state index in [0.717, 1.165) is 69.0 Å². The van der Waals surface area contributed by atoms with Crippen LogP contribution in [0.25, 0.3) is 49.3 Å². The molecule has 0 saturated carbocycles. The maximum atomic E-state index is 4.64. The number of nitrogens with one attached hydrogen (secondary N) is 3. The molecular weight excluding hydrogens is 380 g/mol. The average molecular weight is 398 g/mol. The molecule has 3 N–H and O–H groups in total. The Hall–Kier alpha value is -3.29. The van der Waals surface area contributed by atoms with Crippen LogP contribution in [-0.2, 0) is 0 Å². The van der Waals surface area contributed by atoms with E-state index in [-0.39, 0.29) is 0 Å². The SMILES string of the molecule is C1=C(c2cc3c(-c4cc5c(-c6cccs6)nccc5[nH]4)n[nH]c3cn2)CCNC1. The van der Waals surface area contributed by atoms with Gasteiger partial charge in [0.1, 0.15) is 5.69 Å². The minimum atomic E-state index is 0.897. The van der Waals surface area contributed by atoms with Gasteiger partial charge in [0, 0.05) is 29.0 Å². The molecule has 0 aromatic carbocycles. The fourth-order valence-corrected chi connectivity index (χ4v) is 4.68. The molecule has 7 heteroatoms. The van der Waals surface area contributed by atoms with Gasteiger partial charge in [-0.05, 0) is 48.2 Å². The van der Waals surface area contributed by atoms with E-state index in [9.17, 15) is 0 Å². The second kappa shape index (κ2) is 6.65. The lowest BCUT2D eigenvalue weighted by atomic mass is 10.0. The first-order valence-electron chi connectivity index (χ1n) is 9.63. The molecule has 0 aliphatic carbocycles. The molecule has 0 fully saturated rings. The van der Waals surface area contributed by atoms with E-state index in [2.05, 4.69) is 66.2 Å². The predicted molar refractivity (Wildman–Crippen MR) is 118 cm³/mol. The largest absolute Gasteiger partial charge is 0.353 e.